The molecule has 22 heavy (non-hydrogen) atoms. The van der Waals surface area contributed by atoms with E-state index in [9.17, 15) is 13.6 Å². The number of rotatable bonds is 5. The number of thiazole rings is 1. The molecule has 0 aliphatic rings. The highest BCUT2D eigenvalue weighted by Gasteiger charge is 2.17. The normalized spacial score (nSPS) is 12.2. The number of nitrogens with one attached hydrogen (secondary N) is 1. The second kappa shape index (κ2) is 6.93. The van der Waals surface area contributed by atoms with E-state index in [0.29, 0.717) is 27.7 Å². The van der Waals surface area contributed by atoms with Crippen molar-refractivity contribution < 1.29 is 18.7 Å². The standard InChI is InChI=1S/C15H16F2N2O2S/c1-8(7-20)6-18-14(21)13-9(2)19-15(22-13)10-3-4-11(16)12(17)5-10/h3-5,8,20H,6-7H2,1-2H3,(H,18,21). The van der Waals surface area contributed by atoms with E-state index in [-0.39, 0.29) is 18.4 Å². The molecule has 2 N–H and O–H groups in total. The molecule has 0 fully saturated rings. The number of aliphatic hydroxyl groups is 1. The molecule has 1 amide bonds. The van der Waals surface area contributed by atoms with Gasteiger partial charge in [-0.15, -0.1) is 11.3 Å². The van der Waals surface area contributed by atoms with Crippen LogP contribution in [0.2, 0.25) is 0 Å². The van der Waals surface area contributed by atoms with Crippen molar-refractivity contribution in [3.05, 3.63) is 40.4 Å². The minimum Gasteiger partial charge on any atom is -0.396 e. The summed E-state index contributed by atoms with van der Waals surface area (Å²) < 4.78 is 26.2. The van der Waals surface area contributed by atoms with E-state index in [1.54, 1.807) is 6.92 Å². The van der Waals surface area contributed by atoms with E-state index in [2.05, 4.69) is 10.3 Å². The number of carbonyl (C=O) groups is 1. The van der Waals surface area contributed by atoms with Gasteiger partial charge in [-0.3, -0.25) is 4.79 Å². The molecule has 0 aliphatic heterocycles. The van der Waals surface area contributed by atoms with Crippen molar-refractivity contribution in [2.24, 2.45) is 5.92 Å². The lowest BCUT2D eigenvalue weighted by molar-refractivity contribution is 0.0945. The van der Waals surface area contributed by atoms with Gasteiger partial charge in [-0.25, -0.2) is 13.8 Å². The second-order valence-electron chi connectivity index (χ2n) is 5.06. The summed E-state index contributed by atoms with van der Waals surface area (Å²) in [7, 11) is 0. The van der Waals surface area contributed by atoms with Crippen molar-refractivity contribution in [3.63, 3.8) is 0 Å². The molecule has 0 saturated carbocycles. The molecule has 1 heterocycles. The molecule has 1 atom stereocenters. The number of halogens is 2. The van der Waals surface area contributed by atoms with Crippen LogP contribution in [0.15, 0.2) is 18.2 Å². The molecule has 2 rings (SSSR count). The highest BCUT2D eigenvalue weighted by molar-refractivity contribution is 7.17. The molecule has 1 unspecified atom stereocenters. The van der Waals surface area contributed by atoms with Gasteiger partial charge in [-0.05, 0) is 31.0 Å². The molecular formula is C15H16F2N2O2S. The van der Waals surface area contributed by atoms with Crippen LogP contribution in [0.1, 0.15) is 22.3 Å². The summed E-state index contributed by atoms with van der Waals surface area (Å²) in [6.45, 7) is 3.84. The summed E-state index contributed by atoms with van der Waals surface area (Å²) in [5, 5.41) is 12.1. The van der Waals surface area contributed by atoms with E-state index in [1.165, 1.54) is 6.07 Å². The van der Waals surface area contributed by atoms with Gasteiger partial charge in [0.25, 0.3) is 5.91 Å². The van der Waals surface area contributed by atoms with Crippen LogP contribution in [0.5, 0.6) is 0 Å². The fourth-order valence-corrected chi connectivity index (χ4v) is 2.75. The van der Waals surface area contributed by atoms with Gasteiger partial charge in [0.15, 0.2) is 11.6 Å². The lowest BCUT2D eigenvalue weighted by Gasteiger charge is -2.08. The first-order valence-corrected chi connectivity index (χ1v) is 7.56. The summed E-state index contributed by atoms with van der Waals surface area (Å²) in [6, 6.07) is 3.51. The molecule has 0 radical (unpaired) electrons. The van der Waals surface area contributed by atoms with Crippen LogP contribution in [0.25, 0.3) is 10.6 Å². The van der Waals surface area contributed by atoms with Crippen LogP contribution in [0, 0.1) is 24.5 Å². The quantitative estimate of drug-likeness (QED) is 0.888. The van der Waals surface area contributed by atoms with E-state index in [0.717, 1.165) is 23.5 Å². The minimum atomic E-state index is -0.951. The number of hydrogen-bond donors (Lipinski definition) is 2. The van der Waals surface area contributed by atoms with Crippen molar-refractivity contribution in [2.75, 3.05) is 13.2 Å². The van der Waals surface area contributed by atoms with Gasteiger partial charge >= 0.3 is 0 Å². The van der Waals surface area contributed by atoms with Gasteiger partial charge < -0.3 is 10.4 Å². The van der Waals surface area contributed by atoms with Crippen molar-refractivity contribution in [1.29, 1.82) is 0 Å². The molecule has 0 spiro atoms. The Labute approximate surface area is 130 Å². The Morgan fingerprint density at radius 2 is 2.14 bits per heavy atom. The zero-order valence-electron chi connectivity index (χ0n) is 12.2. The molecule has 0 saturated heterocycles. The molecule has 1 aromatic carbocycles. The highest BCUT2D eigenvalue weighted by atomic mass is 32.1. The molecule has 2 aromatic rings. The summed E-state index contributed by atoms with van der Waals surface area (Å²) in [5.74, 6) is -2.20. The topological polar surface area (TPSA) is 62.2 Å². The predicted molar refractivity (Wildman–Crippen MR) is 80.8 cm³/mol. The lowest BCUT2D eigenvalue weighted by atomic mass is 10.2. The first kappa shape index (κ1) is 16.5. The Kier molecular flexibility index (Phi) is 5.20. The third-order valence-corrected chi connectivity index (χ3v) is 4.30. The van der Waals surface area contributed by atoms with Gasteiger partial charge in [0, 0.05) is 18.7 Å². The minimum absolute atomic E-state index is 0.0118. The Bertz CT molecular complexity index is 688. The monoisotopic (exact) mass is 326 g/mol. The van der Waals surface area contributed by atoms with Gasteiger partial charge in [0.05, 0.1) is 5.69 Å². The van der Waals surface area contributed by atoms with Crippen LogP contribution in [-0.4, -0.2) is 29.1 Å². The molecule has 7 heteroatoms. The van der Waals surface area contributed by atoms with Crippen LogP contribution >= 0.6 is 11.3 Å². The van der Waals surface area contributed by atoms with Crippen molar-refractivity contribution >= 4 is 17.2 Å². The van der Waals surface area contributed by atoms with Crippen LogP contribution in [0.3, 0.4) is 0 Å². The van der Waals surface area contributed by atoms with Crippen LogP contribution in [-0.2, 0) is 0 Å². The van der Waals surface area contributed by atoms with Crippen LogP contribution in [0.4, 0.5) is 8.78 Å². The molecule has 118 valence electrons. The Hall–Kier alpha value is -1.86. The molecule has 4 nitrogen and oxygen atoms in total. The van der Waals surface area contributed by atoms with Crippen molar-refractivity contribution in [3.8, 4) is 10.6 Å². The first-order chi connectivity index (χ1) is 10.4. The molecule has 1 aromatic heterocycles. The van der Waals surface area contributed by atoms with E-state index >= 15 is 0 Å². The third kappa shape index (κ3) is 3.66. The fourth-order valence-electron chi connectivity index (χ4n) is 1.77. The number of amides is 1. The van der Waals surface area contributed by atoms with E-state index in [1.807, 2.05) is 6.92 Å². The number of hydrogen-bond acceptors (Lipinski definition) is 4. The van der Waals surface area contributed by atoms with Gasteiger partial charge in [0.2, 0.25) is 0 Å². The molecule has 0 bridgehead atoms. The largest absolute Gasteiger partial charge is 0.396 e. The smallest absolute Gasteiger partial charge is 0.263 e. The van der Waals surface area contributed by atoms with Gasteiger partial charge in [-0.1, -0.05) is 6.92 Å². The Morgan fingerprint density at radius 3 is 2.77 bits per heavy atom. The van der Waals surface area contributed by atoms with Crippen molar-refractivity contribution in [1.82, 2.24) is 10.3 Å². The van der Waals surface area contributed by atoms with E-state index < -0.39 is 11.6 Å². The summed E-state index contributed by atoms with van der Waals surface area (Å²) in [5.41, 5.74) is 0.952. The predicted octanol–water partition coefficient (Wildman–Crippen LogP) is 2.75. The van der Waals surface area contributed by atoms with E-state index in [4.69, 9.17) is 5.11 Å². The number of nitrogens with zero attached hydrogens (tertiary/aromatic N) is 1. The highest BCUT2D eigenvalue weighted by Crippen LogP contribution is 2.28. The van der Waals surface area contributed by atoms with Gasteiger partial charge in [-0.2, -0.15) is 0 Å². The zero-order valence-corrected chi connectivity index (χ0v) is 13.0. The number of aromatic nitrogens is 1. The average Bonchev–Trinajstić information content (AvgIpc) is 2.89. The van der Waals surface area contributed by atoms with Crippen molar-refractivity contribution in [2.45, 2.75) is 13.8 Å². The maximum absolute atomic E-state index is 13.3. The van der Waals surface area contributed by atoms with Gasteiger partial charge in [0.1, 0.15) is 9.88 Å². The summed E-state index contributed by atoms with van der Waals surface area (Å²) in [4.78, 5) is 16.8. The molecule has 0 aliphatic carbocycles. The number of carbonyl (C=O) groups excluding carboxylic acids is 1. The lowest BCUT2D eigenvalue weighted by Crippen LogP contribution is -2.29. The SMILES string of the molecule is Cc1nc(-c2ccc(F)c(F)c2)sc1C(=O)NCC(C)CO. The maximum atomic E-state index is 13.3. The molecular weight excluding hydrogens is 310 g/mol. The Balaban J connectivity index is 2.20. The third-order valence-electron chi connectivity index (χ3n) is 3.09. The fraction of sp³-hybridized carbons (Fsp3) is 0.333. The van der Waals surface area contributed by atoms with Crippen LogP contribution < -0.4 is 5.32 Å². The first-order valence-electron chi connectivity index (χ1n) is 6.74. The summed E-state index contributed by atoms with van der Waals surface area (Å²) in [6.07, 6.45) is 0. The second-order valence-corrected chi connectivity index (χ2v) is 6.06. The average molecular weight is 326 g/mol. The Morgan fingerprint density at radius 1 is 1.41 bits per heavy atom. The summed E-state index contributed by atoms with van der Waals surface area (Å²) >= 11 is 1.12. The zero-order chi connectivity index (χ0) is 16.3. The number of aryl methyl sites for hydroxylation is 1. The maximum Gasteiger partial charge on any atom is 0.263 e. The number of aliphatic hydroxyl groups excluding tert-OH is 1. The number of benzene rings is 1.